The second-order valence-corrected chi connectivity index (χ2v) is 6.84. The van der Waals surface area contributed by atoms with Gasteiger partial charge in [-0.2, -0.15) is 0 Å². The zero-order valence-corrected chi connectivity index (χ0v) is 11.2. The van der Waals surface area contributed by atoms with E-state index in [1.165, 1.54) is 77.4 Å². The molecule has 2 saturated carbocycles. The Morgan fingerprint density at radius 1 is 1.06 bits per heavy atom. The van der Waals surface area contributed by atoms with Crippen LogP contribution in [0.25, 0.3) is 0 Å². The number of hydrogen-bond acceptors (Lipinski definition) is 2. The molecule has 1 atom stereocenters. The van der Waals surface area contributed by atoms with Crippen LogP contribution in [0, 0.1) is 11.3 Å². The maximum absolute atomic E-state index is 6.19. The van der Waals surface area contributed by atoms with Crippen molar-refractivity contribution in [3.8, 4) is 0 Å². The summed E-state index contributed by atoms with van der Waals surface area (Å²) in [5, 5.41) is 0. The molecule has 3 fully saturated rings. The summed E-state index contributed by atoms with van der Waals surface area (Å²) in [6.45, 7) is 3.95. The van der Waals surface area contributed by atoms with Crippen LogP contribution in [0.15, 0.2) is 0 Å². The summed E-state index contributed by atoms with van der Waals surface area (Å²) in [5.41, 5.74) is 6.96. The molecule has 1 unspecified atom stereocenters. The van der Waals surface area contributed by atoms with Gasteiger partial charge in [-0.1, -0.05) is 12.8 Å². The maximum Gasteiger partial charge on any atom is 0.00793 e. The first kappa shape index (κ1) is 12.0. The normalized spacial score (nSPS) is 30.9. The number of piperidine rings is 1. The van der Waals surface area contributed by atoms with Gasteiger partial charge in [0.05, 0.1) is 0 Å². The zero-order chi connectivity index (χ0) is 11.7. The summed E-state index contributed by atoms with van der Waals surface area (Å²) >= 11 is 0. The van der Waals surface area contributed by atoms with Gasteiger partial charge in [-0.3, -0.25) is 0 Å². The van der Waals surface area contributed by atoms with Crippen LogP contribution in [0.3, 0.4) is 0 Å². The highest BCUT2D eigenvalue weighted by Gasteiger charge is 2.37. The fraction of sp³-hybridized carbons (Fsp3) is 1.00. The van der Waals surface area contributed by atoms with Crippen LogP contribution in [0.2, 0.25) is 0 Å². The van der Waals surface area contributed by atoms with Gasteiger partial charge in [0.1, 0.15) is 0 Å². The van der Waals surface area contributed by atoms with E-state index in [9.17, 15) is 0 Å². The van der Waals surface area contributed by atoms with E-state index in [0.29, 0.717) is 6.04 Å². The summed E-state index contributed by atoms with van der Waals surface area (Å²) in [4.78, 5) is 2.67. The van der Waals surface area contributed by atoms with Crippen LogP contribution in [0.1, 0.15) is 57.8 Å². The second kappa shape index (κ2) is 4.89. The van der Waals surface area contributed by atoms with Gasteiger partial charge < -0.3 is 10.6 Å². The van der Waals surface area contributed by atoms with Crippen molar-refractivity contribution in [2.24, 2.45) is 17.1 Å². The van der Waals surface area contributed by atoms with E-state index in [1.807, 2.05) is 0 Å². The lowest BCUT2D eigenvalue weighted by Crippen LogP contribution is -2.40. The lowest BCUT2D eigenvalue weighted by Gasteiger charge is -2.39. The molecule has 0 bridgehead atoms. The van der Waals surface area contributed by atoms with E-state index in [-0.39, 0.29) is 0 Å². The van der Waals surface area contributed by atoms with Crippen LogP contribution in [0.5, 0.6) is 0 Å². The van der Waals surface area contributed by atoms with Crippen molar-refractivity contribution in [3.05, 3.63) is 0 Å². The van der Waals surface area contributed by atoms with E-state index < -0.39 is 0 Å². The number of nitrogens with zero attached hydrogens (tertiary/aromatic N) is 1. The quantitative estimate of drug-likeness (QED) is 0.813. The maximum atomic E-state index is 6.19. The summed E-state index contributed by atoms with van der Waals surface area (Å²) in [6.07, 6.45) is 13.0. The van der Waals surface area contributed by atoms with Crippen molar-refractivity contribution >= 4 is 0 Å². The molecule has 98 valence electrons. The topological polar surface area (TPSA) is 29.3 Å². The zero-order valence-electron chi connectivity index (χ0n) is 11.2. The van der Waals surface area contributed by atoms with Gasteiger partial charge in [-0.25, -0.2) is 0 Å². The fourth-order valence-corrected chi connectivity index (χ4v) is 3.97. The Morgan fingerprint density at radius 2 is 1.71 bits per heavy atom. The van der Waals surface area contributed by atoms with E-state index in [0.717, 1.165) is 11.3 Å². The first-order valence-electron chi connectivity index (χ1n) is 7.75. The molecule has 0 aromatic carbocycles. The smallest absolute Gasteiger partial charge is 0.00793 e. The minimum Gasteiger partial charge on any atom is -0.327 e. The molecule has 17 heavy (non-hydrogen) atoms. The number of likely N-dealkylation sites (tertiary alicyclic amines) is 1. The minimum atomic E-state index is 0.498. The standard InChI is InChI=1S/C15H28N2/c16-14(13-3-4-13)5-10-17-11-8-15(9-12-17)6-1-2-7-15/h13-14H,1-12,16H2. The Labute approximate surface area is 106 Å². The average molecular weight is 236 g/mol. The molecule has 1 saturated heterocycles. The van der Waals surface area contributed by atoms with Crippen molar-refractivity contribution in [2.75, 3.05) is 19.6 Å². The summed E-state index contributed by atoms with van der Waals surface area (Å²) in [6, 6.07) is 0.498. The Hall–Kier alpha value is -0.0800. The lowest BCUT2D eigenvalue weighted by atomic mass is 9.77. The largest absolute Gasteiger partial charge is 0.327 e. The third-order valence-corrected chi connectivity index (χ3v) is 5.59. The Morgan fingerprint density at radius 3 is 2.29 bits per heavy atom. The number of nitrogens with two attached hydrogens (primary N) is 1. The van der Waals surface area contributed by atoms with Gasteiger partial charge in [0.2, 0.25) is 0 Å². The molecule has 0 aromatic heterocycles. The molecular formula is C15H28N2. The summed E-state index contributed by atoms with van der Waals surface area (Å²) in [5.74, 6) is 0.876. The Bertz CT molecular complexity index is 241. The Balaban J connectivity index is 1.39. The van der Waals surface area contributed by atoms with Crippen LogP contribution in [-0.4, -0.2) is 30.6 Å². The predicted octanol–water partition coefficient (Wildman–Crippen LogP) is 2.77. The fourth-order valence-electron chi connectivity index (χ4n) is 3.97. The van der Waals surface area contributed by atoms with Gasteiger partial charge >= 0.3 is 0 Å². The highest BCUT2D eigenvalue weighted by molar-refractivity contribution is 4.90. The molecule has 1 spiro atoms. The molecule has 3 aliphatic rings. The molecule has 0 radical (unpaired) electrons. The number of hydrogen-bond donors (Lipinski definition) is 1. The van der Waals surface area contributed by atoms with Gasteiger partial charge in [0.25, 0.3) is 0 Å². The van der Waals surface area contributed by atoms with Gasteiger partial charge in [-0.05, 0) is 75.9 Å². The molecular weight excluding hydrogens is 208 g/mol. The van der Waals surface area contributed by atoms with Crippen molar-refractivity contribution in [2.45, 2.75) is 63.8 Å². The predicted molar refractivity (Wildman–Crippen MR) is 71.9 cm³/mol. The van der Waals surface area contributed by atoms with Gasteiger partial charge in [0, 0.05) is 6.04 Å². The van der Waals surface area contributed by atoms with Crippen LogP contribution >= 0.6 is 0 Å². The van der Waals surface area contributed by atoms with Crippen molar-refractivity contribution in [1.29, 1.82) is 0 Å². The minimum absolute atomic E-state index is 0.498. The van der Waals surface area contributed by atoms with Crippen LogP contribution in [-0.2, 0) is 0 Å². The molecule has 2 N–H and O–H groups in total. The summed E-state index contributed by atoms with van der Waals surface area (Å²) < 4.78 is 0. The number of rotatable bonds is 4. The molecule has 1 heterocycles. The van der Waals surface area contributed by atoms with E-state index in [1.54, 1.807) is 0 Å². The van der Waals surface area contributed by atoms with Gasteiger partial charge in [-0.15, -0.1) is 0 Å². The highest BCUT2D eigenvalue weighted by Crippen LogP contribution is 2.46. The molecule has 0 amide bonds. The molecule has 1 aliphatic heterocycles. The Kier molecular flexibility index (Phi) is 3.45. The monoisotopic (exact) mass is 236 g/mol. The van der Waals surface area contributed by atoms with Crippen LogP contribution < -0.4 is 5.73 Å². The average Bonchev–Trinajstić information content (AvgIpc) is 3.11. The first-order valence-corrected chi connectivity index (χ1v) is 7.75. The lowest BCUT2D eigenvalue weighted by molar-refractivity contribution is 0.106. The molecule has 0 aromatic rings. The van der Waals surface area contributed by atoms with Crippen molar-refractivity contribution < 1.29 is 0 Å². The van der Waals surface area contributed by atoms with E-state index >= 15 is 0 Å². The van der Waals surface area contributed by atoms with Crippen LogP contribution in [0.4, 0.5) is 0 Å². The third-order valence-electron chi connectivity index (χ3n) is 5.59. The second-order valence-electron chi connectivity index (χ2n) is 6.84. The van der Waals surface area contributed by atoms with E-state index in [4.69, 9.17) is 5.73 Å². The third kappa shape index (κ3) is 2.85. The highest BCUT2D eigenvalue weighted by atomic mass is 15.1. The van der Waals surface area contributed by atoms with E-state index in [2.05, 4.69) is 4.90 Å². The summed E-state index contributed by atoms with van der Waals surface area (Å²) in [7, 11) is 0. The molecule has 2 nitrogen and oxygen atoms in total. The molecule has 2 heteroatoms. The van der Waals surface area contributed by atoms with Gasteiger partial charge in [0.15, 0.2) is 0 Å². The SMILES string of the molecule is NC(CCN1CCC2(CCCC2)CC1)C1CC1. The molecule has 2 aliphatic carbocycles. The first-order chi connectivity index (χ1) is 8.27. The molecule has 3 rings (SSSR count). The van der Waals surface area contributed by atoms with Crippen molar-refractivity contribution in [1.82, 2.24) is 4.90 Å². The van der Waals surface area contributed by atoms with Crippen molar-refractivity contribution in [3.63, 3.8) is 0 Å².